The standard InChI is InChI=1S/C72H54N2/c1-45-21-29-51(30-22-45)49(5)53-33-41-57(42-34-53)73(55-37-25-47(3)26-38-55)71-61-15-9-7-13-59(61)67-64-18-12-20-66-70(64)68(63-17-11-19-65(71)69(63)67)60-14-8-10-16-62(60)72(66)74(56-39-27-48(4)28-40-56)58-43-35-54(36-44-58)50(6)52-31-23-46(2)24-32-52/h7-44H,5-6H2,1-4H3. The Labute approximate surface area is 433 Å². The van der Waals surface area contributed by atoms with E-state index in [1.54, 1.807) is 0 Å². The molecule has 0 aromatic heterocycles. The second-order valence-electron chi connectivity index (χ2n) is 20.1. The zero-order chi connectivity index (χ0) is 50.2. The molecule has 0 spiro atoms. The van der Waals surface area contributed by atoms with Gasteiger partial charge in [0.05, 0.1) is 11.4 Å². The van der Waals surface area contributed by atoms with Gasteiger partial charge in [-0.15, -0.1) is 0 Å². The van der Waals surface area contributed by atoms with Crippen molar-refractivity contribution < 1.29 is 0 Å². The number of benzene rings is 13. The minimum absolute atomic E-state index is 1.01. The van der Waals surface area contributed by atoms with Crippen LogP contribution in [-0.4, -0.2) is 0 Å². The van der Waals surface area contributed by atoms with E-state index in [2.05, 4.69) is 281 Å². The molecule has 0 bridgehead atoms. The van der Waals surface area contributed by atoms with Crippen molar-refractivity contribution in [2.24, 2.45) is 0 Å². The number of aryl methyl sites for hydroxylation is 4. The van der Waals surface area contributed by atoms with Crippen LogP contribution in [0.5, 0.6) is 0 Å². The van der Waals surface area contributed by atoms with Crippen molar-refractivity contribution in [1.82, 2.24) is 0 Å². The van der Waals surface area contributed by atoms with Gasteiger partial charge in [-0.2, -0.15) is 0 Å². The molecule has 2 nitrogen and oxygen atoms in total. The maximum absolute atomic E-state index is 4.55. The molecule has 13 rings (SSSR count). The average Bonchev–Trinajstić information content (AvgIpc) is 3.46. The van der Waals surface area contributed by atoms with Gasteiger partial charge in [0.15, 0.2) is 0 Å². The molecule has 0 aliphatic carbocycles. The first-order valence-electron chi connectivity index (χ1n) is 25.6. The third-order valence-corrected chi connectivity index (χ3v) is 15.4. The molecule has 0 radical (unpaired) electrons. The molecular weight excluding hydrogens is 893 g/mol. The van der Waals surface area contributed by atoms with E-state index >= 15 is 0 Å². The van der Waals surface area contributed by atoms with Crippen molar-refractivity contribution in [3.05, 3.63) is 288 Å². The fourth-order valence-corrected chi connectivity index (χ4v) is 11.5. The van der Waals surface area contributed by atoms with E-state index in [0.717, 1.165) is 67.5 Å². The molecule has 74 heavy (non-hydrogen) atoms. The van der Waals surface area contributed by atoms with E-state index < -0.39 is 0 Å². The molecule has 0 heterocycles. The van der Waals surface area contributed by atoms with Gasteiger partial charge < -0.3 is 9.80 Å². The summed E-state index contributed by atoms with van der Waals surface area (Å²) in [5.74, 6) is 0. The Morgan fingerprint density at radius 2 is 0.473 bits per heavy atom. The maximum Gasteiger partial charge on any atom is 0.0619 e. The minimum Gasteiger partial charge on any atom is -0.309 e. The summed E-state index contributed by atoms with van der Waals surface area (Å²) in [4.78, 5) is 4.95. The lowest BCUT2D eigenvalue weighted by Gasteiger charge is -2.31. The van der Waals surface area contributed by atoms with E-state index in [-0.39, 0.29) is 0 Å². The van der Waals surface area contributed by atoms with Gasteiger partial charge in [0, 0.05) is 55.1 Å². The van der Waals surface area contributed by atoms with Gasteiger partial charge in [-0.05, 0) is 142 Å². The van der Waals surface area contributed by atoms with Gasteiger partial charge in [0.1, 0.15) is 0 Å². The van der Waals surface area contributed by atoms with Crippen molar-refractivity contribution in [3.8, 4) is 0 Å². The van der Waals surface area contributed by atoms with Gasteiger partial charge in [-0.3, -0.25) is 0 Å². The number of hydrogen-bond acceptors (Lipinski definition) is 2. The summed E-state index contributed by atoms with van der Waals surface area (Å²) in [7, 11) is 0. The Morgan fingerprint density at radius 1 is 0.243 bits per heavy atom. The lowest BCUT2D eigenvalue weighted by Crippen LogP contribution is -2.12. The van der Waals surface area contributed by atoms with Crippen LogP contribution in [0.15, 0.2) is 244 Å². The van der Waals surface area contributed by atoms with Crippen molar-refractivity contribution in [3.63, 3.8) is 0 Å². The molecule has 0 saturated heterocycles. The number of rotatable bonds is 10. The van der Waals surface area contributed by atoms with Crippen LogP contribution >= 0.6 is 0 Å². The van der Waals surface area contributed by atoms with Crippen molar-refractivity contribution >= 4 is 110 Å². The largest absolute Gasteiger partial charge is 0.309 e. The molecule has 2 heteroatoms. The van der Waals surface area contributed by atoms with Crippen LogP contribution in [-0.2, 0) is 0 Å². The van der Waals surface area contributed by atoms with E-state index in [4.69, 9.17) is 0 Å². The smallest absolute Gasteiger partial charge is 0.0619 e. The van der Waals surface area contributed by atoms with Crippen LogP contribution in [0, 0.1) is 27.7 Å². The van der Waals surface area contributed by atoms with E-state index in [1.165, 1.54) is 86.9 Å². The van der Waals surface area contributed by atoms with E-state index in [1.807, 2.05) is 0 Å². The molecule has 0 atom stereocenters. The number of nitrogens with zero attached hydrogens (tertiary/aromatic N) is 2. The van der Waals surface area contributed by atoms with Gasteiger partial charge in [0.2, 0.25) is 0 Å². The SMILES string of the molecule is C=C(c1ccc(C)cc1)c1ccc(N(c2ccc(C)cc2)c2c3ccccc3c3c4cccc5c(N(c6ccc(C)cc6)c6ccc(C(=C)c7ccc(C)cc7)cc6)c6ccccc6c(c6cccc2c63)c54)cc1. The van der Waals surface area contributed by atoms with Gasteiger partial charge in [-0.1, -0.05) is 217 Å². The molecule has 0 N–H and O–H groups in total. The summed E-state index contributed by atoms with van der Waals surface area (Å²) in [6, 6.07) is 85.2. The Kier molecular flexibility index (Phi) is 10.8. The highest BCUT2D eigenvalue weighted by molar-refractivity contribution is 6.45. The average molecular weight is 947 g/mol. The quantitative estimate of drug-likeness (QED) is 0.0996. The number of anilines is 6. The second-order valence-corrected chi connectivity index (χ2v) is 20.1. The number of fused-ring (bicyclic) bond motifs is 6. The Morgan fingerprint density at radius 3 is 0.797 bits per heavy atom. The van der Waals surface area contributed by atoms with Crippen LogP contribution in [0.2, 0.25) is 0 Å². The molecule has 0 fully saturated rings. The molecule has 352 valence electrons. The zero-order valence-corrected chi connectivity index (χ0v) is 42.2. The van der Waals surface area contributed by atoms with Crippen LogP contribution in [0.3, 0.4) is 0 Å². The van der Waals surface area contributed by atoms with Crippen molar-refractivity contribution in [2.75, 3.05) is 9.80 Å². The molecule has 13 aromatic rings. The summed E-state index contributed by atoms with van der Waals surface area (Å²) in [5, 5.41) is 14.8. The van der Waals surface area contributed by atoms with E-state index in [9.17, 15) is 0 Å². The summed E-state index contributed by atoms with van der Waals surface area (Å²) in [5.41, 5.74) is 18.1. The monoisotopic (exact) mass is 946 g/mol. The van der Waals surface area contributed by atoms with Gasteiger partial charge in [0.25, 0.3) is 0 Å². The van der Waals surface area contributed by atoms with Crippen LogP contribution in [0.1, 0.15) is 44.5 Å². The van der Waals surface area contributed by atoms with E-state index in [0.29, 0.717) is 0 Å². The Hall–Kier alpha value is -9.24. The highest BCUT2D eigenvalue weighted by Gasteiger charge is 2.27. The topological polar surface area (TPSA) is 6.48 Å². The Bertz CT molecular complexity index is 4030. The molecule has 0 aliphatic heterocycles. The fraction of sp³-hybridized carbons (Fsp3) is 0.0556. The fourth-order valence-electron chi connectivity index (χ4n) is 11.5. The zero-order valence-electron chi connectivity index (χ0n) is 42.2. The highest BCUT2D eigenvalue weighted by atomic mass is 15.2. The highest BCUT2D eigenvalue weighted by Crippen LogP contribution is 2.55. The summed E-state index contributed by atoms with van der Waals surface area (Å²) in [6.07, 6.45) is 0. The van der Waals surface area contributed by atoms with Crippen molar-refractivity contribution in [1.29, 1.82) is 0 Å². The van der Waals surface area contributed by atoms with Gasteiger partial charge >= 0.3 is 0 Å². The normalized spacial score (nSPS) is 11.6. The van der Waals surface area contributed by atoms with Crippen LogP contribution < -0.4 is 9.80 Å². The Balaban J connectivity index is 1.07. The minimum atomic E-state index is 1.01. The molecule has 13 aromatic carbocycles. The van der Waals surface area contributed by atoms with Gasteiger partial charge in [-0.25, -0.2) is 0 Å². The lowest BCUT2D eigenvalue weighted by atomic mass is 9.83. The molecule has 0 aliphatic rings. The molecule has 0 saturated carbocycles. The summed E-state index contributed by atoms with van der Waals surface area (Å²) >= 11 is 0. The predicted octanol–water partition coefficient (Wildman–Crippen LogP) is 20.3. The first kappa shape index (κ1) is 44.7. The van der Waals surface area contributed by atoms with Crippen LogP contribution in [0.25, 0.3) is 75.8 Å². The maximum atomic E-state index is 4.55. The summed E-state index contributed by atoms with van der Waals surface area (Å²) < 4.78 is 0. The predicted molar refractivity (Wildman–Crippen MR) is 320 cm³/mol. The third-order valence-electron chi connectivity index (χ3n) is 15.4. The summed E-state index contributed by atoms with van der Waals surface area (Å²) in [6.45, 7) is 17.7. The first-order chi connectivity index (χ1) is 36.2. The number of hydrogen-bond donors (Lipinski definition) is 0. The molecular formula is C72H54N2. The second kappa shape index (κ2) is 17.8. The van der Waals surface area contributed by atoms with Crippen molar-refractivity contribution in [2.45, 2.75) is 27.7 Å². The molecule has 0 amide bonds. The lowest BCUT2D eigenvalue weighted by molar-refractivity contribution is 1.30. The molecule has 0 unspecified atom stereocenters. The first-order valence-corrected chi connectivity index (χ1v) is 25.6. The third kappa shape index (κ3) is 7.33. The van der Waals surface area contributed by atoms with Crippen LogP contribution in [0.4, 0.5) is 34.1 Å².